The first kappa shape index (κ1) is 22.2. The molecule has 1 aliphatic rings. The van der Waals surface area contributed by atoms with Crippen LogP contribution in [0.3, 0.4) is 0 Å². The highest BCUT2D eigenvalue weighted by molar-refractivity contribution is 8.27. The molecule has 2 aromatic carbocycles. The van der Waals surface area contributed by atoms with Crippen LogP contribution >= 0.6 is 47.2 Å². The van der Waals surface area contributed by atoms with Crippen LogP contribution in [-0.4, -0.2) is 20.1 Å². The number of nitro groups is 1. The largest absolute Gasteiger partial charge is 0.439 e. The highest BCUT2D eigenvalue weighted by Crippen LogP contribution is 2.38. The van der Waals surface area contributed by atoms with Crippen LogP contribution in [-0.2, 0) is 4.79 Å². The van der Waals surface area contributed by atoms with Crippen LogP contribution in [0.25, 0.3) is 6.08 Å². The summed E-state index contributed by atoms with van der Waals surface area (Å²) in [5, 5.41) is 11.4. The molecule has 0 spiro atoms. The number of hydrogen-bond acceptors (Lipinski definition) is 7. The molecule has 0 N–H and O–H groups in total. The number of halogens is 2. The van der Waals surface area contributed by atoms with Crippen LogP contribution in [0.4, 0.5) is 11.4 Å². The van der Waals surface area contributed by atoms with Gasteiger partial charge in [-0.2, -0.15) is 0 Å². The minimum absolute atomic E-state index is 0.120. The summed E-state index contributed by atoms with van der Waals surface area (Å²) in [6.07, 6.45) is 2.85. The minimum atomic E-state index is -0.532. The Morgan fingerprint density at radius 3 is 2.47 bits per heavy atom. The van der Waals surface area contributed by atoms with E-state index in [1.165, 1.54) is 28.8 Å². The average Bonchev–Trinajstić information content (AvgIpc) is 3.05. The number of benzene rings is 2. The lowest BCUT2D eigenvalue weighted by Gasteiger charge is -2.15. The van der Waals surface area contributed by atoms with Crippen LogP contribution in [0.15, 0.2) is 65.7 Å². The van der Waals surface area contributed by atoms with Crippen molar-refractivity contribution < 1.29 is 14.5 Å². The standard InChI is InChI=1S/C21H11Cl2N3O4S2/c22-16-7-3-13(10-17(16)23)25-20(27)18(32-21(25)31)9-12-1-5-15(6-2-12)30-19-8-4-14(11-24-19)26(28)29/h1-11H/b18-9+. The normalized spacial score (nSPS) is 14.8. The molecule has 2 heterocycles. The van der Waals surface area contributed by atoms with Gasteiger partial charge in [-0.15, -0.1) is 0 Å². The van der Waals surface area contributed by atoms with Crippen LogP contribution in [0, 0.1) is 10.1 Å². The van der Waals surface area contributed by atoms with Gasteiger partial charge in [0.2, 0.25) is 5.88 Å². The van der Waals surface area contributed by atoms with E-state index in [0.29, 0.717) is 30.7 Å². The Morgan fingerprint density at radius 2 is 1.84 bits per heavy atom. The first-order valence-corrected chi connectivity index (χ1v) is 10.9. The molecule has 0 atom stereocenters. The molecule has 1 aliphatic heterocycles. The van der Waals surface area contributed by atoms with Gasteiger partial charge >= 0.3 is 0 Å². The van der Waals surface area contributed by atoms with Gasteiger partial charge in [0.1, 0.15) is 11.9 Å². The summed E-state index contributed by atoms with van der Waals surface area (Å²) in [6, 6.07) is 14.6. The van der Waals surface area contributed by atoms with Crippen molar-refractivity contribution in [3.05, 3.63) is 91.4 Å². The van der Waals surface area contributed by atoms with Crippen molar-refractivity contribution >= 4 is 74.9 Å². The molecule has 3 aromatic rings. The Morgan fingerprint density at radius 1 is 1.09 bits per heavy atom. The monoisotopic (exact) mass is 503 g/mol. The minimum Gasteiger partial charge on any atom is -0.439 e. The van der Waals surface area contributed by atoms with Gasteiger partial charge in [-0.05, 0) is 42.0 Å². The number of carbonyl (C=O) groups excluding carboxylic acids is 1. The lowest BCUT2D eigenvalue weighted by molar-refractivity contribution is -0.385. The number of anilines is 1. The molecule has 4 rings (SSSR count). The van der Waals surface area contributed by atoms with E-state index >= 15 is 0 Å². The summed E-state index contributed by atoms with van der Waals surface area (Å²) in [5.74, 6) is 0.464. The van der Waals surface area contributed by atoms with Gasteiger partial charge in [0.05, 0.1) is 25.6 Å². The second-order valence-corrected chi connectivity index (χ2v) is 8.89. The molecule has 1 amide bonds. The van der Waals surface area contributed by atoms with Crippen molar-refractivity contribution in [2.45, 2.75) is 0 Å². The molecule has 0 saturated carbocycles. The van der Waals surface area contributed by atoms with E-state index in [4.69, 9.17) is 40.2 Å². The quantitative estimate of drug-likeness (QED) is 0.170. The van der Waals surface area contributed by atoms with Gasteiger partial charge in [-0.1, -0.05) is 59.3 Å². The fourth-order valence-electron chi connectivity index (χ4n) is 2.76. The third-order valence-corrected chi connectivity index (χ3v) is 6.33. The number of amides is 1. The van der Waals surface area contributed by atoms with E-state index < -0.39 is 4.92 Å². The second-order valence-electron chi connectivity index (χ2n) is 6.40. The molecule has 1 aromatic heterocycles. The highest BCUT2D eigenvalue weighted by atomic mass is 35.5. The molecular formula is C21H11Cl2N3O4S2. The van der Waals surface area contributed by atoms with Crippen LogP contribution in [0.2, 0.25) is 10.0 Å². The molecule has 0 aliphatic carbocycles. The fourth-order valence-corrected chi connectivity index (χ4v) is 4.35. The van der Waals surface area contributed by atoms with Crippen molar-refractivity contribution in [1.82, 2.24) is 4.98 Å². The summed E-state index contributed by atoms with van der Waals surface area (Å²) in [7, 11) is 0. The average molecular weight is 504 g/mol. The SMILES string of the molecule is O=C1/C(=C\c2ccc(Oc3ccc([N+](=O)[O-])cn3)cc2)SC(=S)N1c1ccc(Cl)c(Cl)c1. The van der Waals surface area contributed by atoms with E-state index in [0.717, 1.165) is 11.8 Å². The second kappa shape index (κ2) is 9.25. The number of thioether (sulfide) groups is 1. The topological polar surface area (TPSA) is 85.6 Å². The van der Waals surface area contributed by atoms with Crippen LogP contribution < -0.4 is 9.64 Å². The van der Waals surface area contributed by atoms with Gasteiger partial charge in [0.25, 0.3) is 11.6 Å². The van der Waals surface area contributed by atoms with E-state index in [2.05, 4.69) is 4.98 Å². The van der Waals surface area contributed by atoms with Crippen molar-refractivity contribution in [3.63, 3.8) is 0 Å². The van der Waals surface area contributed by atoms with Crippen LogP contribution in [0.5, 0.6) is 11.6 Å². The van der Waals surface area contributed by atoms with E-state index in [1.807, 2.05) is 0 Å². The maximum atomic E-state index is 12.9. The zero-order valence-electron chi connectivity index (χ0n) is 15.9. The van der Waals surface area contributed by atoms with E-state index in [1.54, 1.807) is 48.5 Å². The highest BCUT2D eigenvalue weighted by Gasteiger charge is 2.33. The van der Waals surface area contributed by atoms with E-state index in [9.17, 15) is 14.9 Å². The van der Waals surface area contributed by atoms with E-state index in [-0.39, 0.29) is 17.5 Å². The Bertz CT molecular complexity index is 1270. The first-order valence-electron chi connectivity index (χ1n) is 8.93. The van der Waals surface area contributed by atoms with Crippen LogP contribution in [0.1, 0.15) is 5.56 Å². The summed E-state index contributed by atoms with van der Waals surface area (Å²) in [6.45, 7) is 0. The maximum Gasteiger partial charge on any atom is 0.287 e. The number of pyridine rings is 1. The van der Waals surface area contributed by atoms with Crippen molar-refractivity contribution in [1.29, 1.82) is 0 Å². The molecule has 0 radical (unpaired) electrons. The summed E-state index contributed by atoms with van der Waals surface area (Å²) >= 11 is 18.6. The molecular weight excluding hydrogens is 493 g/mol. The Balaban J connectivity index is 1.49. The molecule has 0 bridgehead atoms. The van der Waals surface area contributed by atoms with Gasteiger partial charge in [0.15, 0.2) is 4.32 Å². The number of carbonyl (C=O) groups is 1. The first-order chi connectivity index (χ1) is 15.3. The zero-order valence-corrected chi connectivity index (χ0v) is 19.0. The maximum absolute atomic E-state index is 12.9. The molecule has 1 fully saturated rings. The van der Waals surface area contributed by atoms with Crippen molar-refractivity contribution in [2.75, 3.05) is 4.90 Å². The third kappa shape index (κ3) is 4.76. The number of thiocarbonyl (C=S) groups is 1. The Labute approximate surface area is 201 Å². The number of rotatable bonds is 5. The predicted octanol–water partition coefficient (Wildman–Crippen LogP) is 6.49. The molecule has 32 heavy (non-hydrogen) atoms. The van der Waals surface area contributed by atoms with Gasteiger partial charge in [-0.25, -0.2) is 4.98 Å². The molecule has 11 heteroatoms. The number of ether oxygens (including phenoxy) is 1. The number of hydrogen-bond donors (Lipinski definition) is 0. The fraction of sp³-hybridized carbons (Fsp3) is 0. The predicted molar refractivity (Wildman–Crippen MR) is 130 cm³/mol. The Kier molecular flexibility index (Phi) is 6.43. The van der Waals surface area contributed by atoms with Gasteiger partial charge in [-0.3, -0.25) is 19.8 Å². The summed E-state index contributed by atoms with van der Waals surface area (Å²) in [5.41, 5.74) is 1.19. The lowest BCUT2D eigenvalue weighted by Crippen LogP contribution is -2.27. The smallest absolute Gasteiger partial charge is 0.287 e. The summed E-state index contributed by atoms with van der Waals surface area (Å²) < 4.78 is 5.99. The molecule has 1 saturated heterocycles. The molecule has 0 unspecified atom stereocenters. The van der Waals surface area contributed by atoms with Crippen molar-refractivity contribution in [3.8, 4) is 11.6 Å². The lowest BCUT2D eigenvalue weighted by atomic mass is 10.2. The van der Waals surface area contributed by atoms with Crippen molar-refractivity contribution in [2.24, 2.45) is 0 Å². The number of aromatic nitrogens is 1. The Hall–Kier alpha value is -2.98. The molecule has 160 valence electrons. The van der Waals surface area contributed by atoms with Gasteiger partial charge in [0, 0.05) is 12.1 Å². The summed E-state index contributed by atoms with van der Waals surface area (Å²) in [4.78, 5) is 28.8. The molecule has 7 nitrogen and oxygen atoms in total. The number of nitrogens with zero attached hydrogens (tertiary/aromatic N) is 3. The van der Waals surface area contributed by atoms with Gasteiger partial charge < -0.3 is 4.74 Å². The third-order valence-electron chi connectivity index (χ3n) is 4.29. The zero-order chi connectivity index (χ0) is 22.8.